The molecule has 0 radical (unpaired) electrons. The predicted molar refractivity (Wildman–Crippen MR) is 135 cm³/mol. The SMILES string of the molecule is CC12CCCC(=C3C(=O)C(C4=C5Nc6ccccc6C5(C)CCC4)=C3O)C1=Nc1ccccc12. The third-order valence-electron chi connectivity index (χ3n) is 8.91. The van der Waals surface area contributed by atoms with Crippen molar-refractivity contribution in [3.8, 4) is 0 Å². The van der Waals surface area contributed by atoms with Crippen LogP contribution in [0.15, 0.2) is 87.3 Å². The highest BCUT2D eigenvalue weighted by molar-refractivity contribution is 6.27. The van der Waals surface area contributed by atoms with Gasteiger partial charge in [0, 0.05) is 22.2 Å². The van der Waals surface area contributed by atoms with Gasteiger partial charge in [-0.1, -0.05) is 36.4 Å². The van der Waals surface area contributed by atoms with Gasteiger partial charge in [0.1, 0.15) is 5.76 Å². The van der Waals surface area contributed by atoms with Crippen LogP contribution in [0.3, 0.4) is 0 Å². The Hall–Kier alpha value is -3.40. The van der Waals surface area contributed by atoms with Gasteiger partial charge in [0.2, 0.25) is 5.78 Å². The Labute approximate surface area is 199 Å². The van der Waals surface area contributed by atoms with E-state index < -0.39 is 0 Å². The van der Waals surface area contributed by atoms with Crippen LogP contribution < -0.4 is 5.32 Å². The molecule has 0 spiro atoms. The van der Waals surface area contributed by atoms with Crippen molar-refractivity contribution in [3.05, 3.63) is 93.4 Å². The van der Waals surface area contributed by atoms with Gasteiger partial charge < -0.3 is 10.4 Å². The number of Topliss-reactive ketones (excluding diaryl/α,β-unsaturated/α-hetero) is 1. The standard InChI is InChI=1S/C30H28N2O2/c1-29-15-7-9-17(27(29)31-21-13-5-3-11-19(21)29)23-25(33)24(26(23)34)18-10-8-16-30(2)20-12-4-6-14-22(20)32-28(18)30/h3-6,11-14,31,33H,7-10,15-16H2,1-2H3. The molecule has 3 aliphatic carbocycles. The number of nitrogens with zero attached hydrogens (tertiary/aromatic N) is 1. The first-order valence-electron chi connectivity index (χ1n) is 12.4. The molecule has 2 aromatic carbocycles. The van der Waals surface area contributed by atoms with Crippen molar-refractivity contribution in [1.29, 1.82) is 0 Å². The fraction of sp³-hybridized carbons (Fsp3) is 0.333. The summed E-state index contributed by atoms with van der Waals surface area (Å²) in [5, 5.41) is 15.0. The Kier molecular flexibility index (Phi) is 3.88. The maximum absolute atomic E-state index is 13.7. The molecule has 4 heteroatoms. The Bertz CT molecular complexity index is 1440. The Balaban J connectivity index is 1.36. The largest absolute Gasteiger partial charge is 0.506 e. The van der Waals surface area contributed by atoms with Crippen molar-refractivity contribution < 1.29 is 9.90 Å². The van der Waals surface area contributed by atoms with E-state index >= 15 is 0 Å². The summed E-state index contributed by atoms with van der Waals surface area (Å²) in [6.45, 7) is 4.50. The molecule has 1 saturated carbocycles. The van der Waals surface area contributed by atoms with Crippen LogP contribution in [0, 0.1) is 0 Å². The third-order valence-corrected chi connectivity index (χ3v) is 8.91. The Morgan fingerprint density at radius 2 is 1.53 bits per heavy atom. The van der Waals surface area contributed by atoms with Gasteiger partial charge in [0.05, 0.1) is 22.5 Å². The van der Waals surface area contributed by atoms with Crippen molar-refractivity contribution in [2.75, 3.05) is 5.32 Å². The number of ketones is 1. The maximum Gasteiger partial charge on any atom is 0.201 e. The summed E-state index contributed by atoms with van der Waals surface area (Å²) >= 11 is 0. The lowest BCUT2D eigenvalue weighted by molar-refractivity contribution is -0.113. The second-order valence-corrected chi connectivity index (χ2v) is 10.8. The topological polar surface area (TPSA) is 61.7 Å². The smallest absolute Gasteiger partial charge is 0.201 e. The summed E-state index contributed by atoms with van der Waals surface area (Å²) in [5.74, 6) is 0.160. The van der Waals surface area contributed by atoms with E-state index in [-0.39, 0.29) is 22.4 Å². The lowest BCUT2D eigenvalue weighted by atomic mass is 9.64. The van der Waals surface area contributed by atoms with Crippen LogP contribution >= 0.6 is 0 Å². The summed E-state index contributed by atoms with van der Waals surface area (Å²) in [6, 6.07) is 16.7. The first-order valence-corrected chi connectivity index (χ1v) is 12.4. The molecule has 0 aromatic heterocycles. The molecule has 2 atom stereocenters. The molecular weight excluding hydrogens is 420 g/mol. The van der Waals surface area contributed by atoms with Crippen LogP contribution in [-0.2, 0) is 15.6 Å². The number of fused-ring (bicyclic) bond motifs is 6. The molecule has 2 N–H and O–H groups in total. The zero-order valence-corrected chi connectivity index (χ0v) is 19.7. The number of benzene rings is 2. The van der Waals surface area contributed by atoms with Crippen molar-refractivity contribution >= 4 is 22.9 Å². The number of aliphatic imine (C=N–C) groups is 1. The minimum atomic E-state index is -0.187. The van der Waals surface area contributed by atoms with Gasteiger partial charge in [-0.25, -0.2) is 0 Å². The van der Waals surface area contributed by atoms with E-state index in [1.54, 1.807) is 0 Å². The summed E-state index contributed by atoms with van der Waals surface area (Å²) in [4.78, 5) is 18.7. The quantitative estimate of drug-likeness (QED) is 0.476. The number of hydrogen-bond acceptors (Lipinski definition) is 4. The third kappa shape index (κ3) is 2.33. The minimum absolute atomic E-state index is 0.0140. The Morgan fingerprint density at radius 1 is 0.853 bits per heavy atom. The highest BCUT2D eigenvalue weighted by atomic mass is 16.3. The van der Waals surface area contributed by atoms with Crippen LogP contribution in [0.5, 0.6) is 0 Å². The van der Waals surface area contributed by atoms with E-state index in [1.807, 2.05) is 12.1 Å². The van der Waals surface area contributed by atoms with Crippen molar-refractivity contribution in [3.63, 3.8) is 0 Å². The molecule has 4 nitrogen and oxygen atoms in total. The average molecular weight is 449 g/mol. The van der Waals surface area contributed by atoms with Crippen molar-refractivity contribution in [1.82, 2.24) is 0 Å². The van der Waals surface area contributed by atoms with Gasteiger partial charge in [-0.2, -0.15) is 0 Å². The Morgan fingerprint density at radius 3 is 2.32 bits per heavy atom. The fourth-order valence-corrected chi connectivity index (χ4v) is 7.15. The molecule has 0 saturated heterocycles. The lowest BCUT2D eigenvalue weighted by Crippen LogP contribution is -2.38. The number of carbonyl (C=O) groups is 1. The van der Waals surface area contributed by atoms with E-state index in [4.69, 9.17) is 4.99 Å². The zero-order chi connectivity index (χ0) is 23.2. The van der Waals surface area contributed by atoms with Crippen LogP contribution in [0.25, 0.3) is 0 Å². The second-order valence-electron chi connectivity index (χ2n) is 10.8. The molecular formula is C30H28N2O2. The summed E-state index contributed by atoms with van der Waals surface area (Å²) in [5.41, 5.74) is 9.35. The highest BCUT2D eigenvalue weighted by Gasteiger charge is 2.50. The minimum Gasteiger partial charge on any atom is -0.506 e. The van der Waals surface area contributed by atoms with E-state index in [2.05, 4.69) is 55.6 Å². The first kappa shape index (κ1) is 20.0. The van der Waals surface area contributed by atoms with Crippen LogP contribution in [0.4, 0.5) is 11.4 Å². The number of carbonyl (C=O) groups excluding carboxylic acids is 1. The second kappa shape index (κ2) is 6.59. The molecule has 34 heavy (non-hydrogen) atoms. The molecule has 2 heterocycles. The fourth-order valence-electron chi connectivity index (χ4n) is 7.15. The summed E-state index contributed by atoms with van der Waals surface area (Å²) < 4.78 is 0. The predicted octanol–water partition coefficient (Wildman–Crippen LogP) is 6.73. The van der Waals surface area contributed by atoms with Gasteiger partial charge in [0.15, 0.2) is 0 Å². The van der Waals surface area contributed by atoms with Gasteiger partial charge in [-0.3, -0.25) is 9.79 Å². The van der Waals surface area contributed by atoms with Crippen molar-refractivity contribution in [2.45, 2.75) is 63.2 Å². The highest BCUT2D eigenvalue weighted by Crippen LogP contribution is 2.55. The summed E-state index contributed by atoms with van der Waals surface area (Å²) in [6.07, 6.45) is 5.64. The number of nitrogens with one attached hydrogen (secondary N) is 1. The lowest BCUT2D eigenvalue weighted by Gasteiger charge is -2.38. The summed E-state index contributed by atoms with van der Waals surface area (Å²) in [7, 11) is 0. The number of anilines is 1. The number of aliphatic hydroxyl groups excluding tert-OH is 1. The number of para-hydroxylation sites is 2. The average Bonchev–Trinajstić information content (AvgIpc) is 3.32. The van der Waals surface area contributed by atoms with Gasteiger partial charge in [0.25, 0.3) is 0 Å². The molecule has 1 fully saturated rings. The first-order chi connectivity index (χ1) is 16.4. The molecule has 7 rings (SSSR count). The van der Waals surface area contributed by atoms with E-state index in [1.165, 1.54) is 11.1 Å². The van der Waals surface area contributed by atoms with Crippen LogP contribution in [-0.4, -0.2) is 16.6 Å². The normalized spacial score (nSPS) is 31.4. The van der Waals surface area contributed by atoms with Crippen LogP contribution in [0.1, 0.15) is 63.5 Å². The molecule has 2 aromatic rings. The van der Waals surface area contributed by atoms with Crippen molar-refractivity contribution in [2.24, 2.45) is 4.99 Å². The molecule has 170 valence electrons. The monoisotopic (exact) mass is 448 g/mol. The zero-order valence-electron chi connectivity index (χ0n) is 19.7. The maximum atomic E-state index is 13.7. The molecule has 2 aliphatic heterocycles. The number of hydrogen-bond donors (Lipinski definition) is 2. The van der Waals surface area contributed by atoms with E-state index in [0.717, 1.165) is 72.5 Å². The number of rotatable bonds is 1. The molecule has 0 amide bonds. The van der Waals surface area contributed by atoms with Gasteiger partial charge in [-0.15, -0.1) is 0 Å². The molecule has 2 unspecified atom stereocenters. The van der Waals surface area contributed by atoms with Gasteiger partial charge >= 0.3 is 0 Å². The van der Waals surface area contributed by atoms with Gasteiger partial charge in [-0.05, 0) is 86.8 Å². The van der Waals surface area contributed by atoms with E-state index in [9.17, 15) is 9.90 Å². The molecule has 5 aliphatic rings. The molecule has 0 bridgehead atoms. The number of aliphatic hydroxyl groups is 1. The van der Waals surface area contributed by atoms with E-state index in [0.29, 0.717) is 11.1 Å². The number of allylic oxidation sites excluding steroid dienone is 5. The van der Waals surface area contributed by atoms with Crippen LogP contribution in [0.2, 0.25) is 0 Å².